The molecule has 2 aliphatic carbocycles. The molecule has 134 valence electrons. The van der Waals surface area contributed by atoms with Gasteiger partial charge in [-0.15, -0.1) is 23.2 Å². The molecule has 0 N–H and O–H groups in total. The van der Waals surface area contributed by atoms with Gasteiger partial charge in [0.15, 0.2) is 0 Å². The van der Waals surface area contributed by atoms with E-state index in [1.165, 1.54) is 25.7 Å². The Hall–Kier alpha value is 0.210. The number of hydrogen-bond donors (Lipinski definition) is 0. The smallest absolute Gasteiger partial charge is 0.119 e. The summed E-state index contributed by atoms with van der Waals surface area (Å²) in [4.78, 5) is 10.3. The molecule has 0 saturated heterocycles. The zero-order chi connectivity index (χ0) is 16.5. The Kier molecular flexibility index (Phi) is 8.71. The van der Waals surface area contributed by atoms with Crippen LogP contribution < -0.4 is 0 Å². The van der Waals surface area contributed by atoms with Crippen LogP contribution in [0.15, 0.2) is 0 Å². The summed E-state index contributed by atoms with van der Waals surface area (Å²) in [5.74, 6) is 1.82. The van der Waals surface area contributed by atoms with Gasteiger partial charge in [-0.1, -0.05) is 25.7 Å². The minimum atomic E-state index is -0.591. The molecule has 0 amide bonds. The number of aldehydes is 1. The minimum Gasteiger partial charge on any atom is -0.378 e. The first-order chi connectivity index (χ1) is 11.1. The van der Waals surface area contributed by atoms with Crippen LogP contribution in [0.25, 0.3) is 0 Å². The predicted octanol–water partition coefficient (Wildman–Crippen LogP) is 6.08. The number of rotatable bonds is 13. The Bertz CT molecular complexity index is 346. The van der Waals surface area contributed by atoms with Crippen molar-refractivity contribution in [1.29, 1.82) is 0 Å². The summed E-state index contributed by atoms with van der Waals surface area (Å²) in [6, 6.07) is 0. The fourth-order valence-electron chi connectivity index (χ4n) is 4.20. The summed E-state index contributed by atoms with van der Waals surface area (Å²) >= 11 is 12.7. The van der Waals surface area contributed by atoms with E-state index in [9.17, 15) is 4.79 Å². The van der Waals surface area contributed by atoms with Gasteiger partial charge in [-0.05, 0) is 63.2 Å². The van der Waals surface area contributed by atoms with Crippen LogP contribution in [0.4, 0.5) is 0 Å². The fourth-order valence-corrected chi connectivity index (χ4v) is 4.74. The van der Waals surface area contributed by atoms with Crippen LogP contribution in [0.5, 0.6) is 0 Å². The maximum absolute atomic E-state index is 10.3. The SMILES string of the molecule is O=CCCCCCC(Cl)(Cl)CCCCCOC1CC2CCC1C2. The molecule has 0 aromatic heterocycles. The Balaban J connectivity index is 1.42. The van der Waals surface area contributed by atoms with E-state index in [4.69, 9.17) is 27.9 Å². The van der Waals surface area contributed by atoms with Crippen molar-refractivity contribution >= 4 is 29.5 Å². The highest BCUT2D eigenvalue weighted by molar-refractivity contribution is 6.48. The molecule has 0 aromatic rings. The molecule has 2 nitrogen and oxygen atoms in total. The fraction of sp³-hybridized carbons (Fsp3) is 0.947. The molecule has 2 rings (SSSR count). The lowest BCUT2D eigenvalue weighted by Gasteiger charge is -2.22. The number of alkyl halides is 2. The molecular formula is C19H32Cl2O2. The average molecular weight is 363 g/mol. The number of fused-ring (bicyclic) bond motifs is 2. The van der Waals surface area contributed by atoms with Crippen molar-refractivity contribution in [3.63, 3.8) is 0 Å². The zero-order valence-electron chi connectivity index (χ0n) is 14.3. The highest BCUT2D eigenvalue weighted by Gasteiger charge is 2.39. The lowest BCUT2D eigenvalue weighted by atomic mass is 9.98. The number of unbranched alkanes of at least 4 members (excludes halogenated alkanes) is 5. The van der Waals surface area contributed by atoms with Crippen molar-refractivity contribution in [3.8, 4) is 0 Å². The monoisotopic (exact) mass is 362 g/mol. The molecule has 23 heavy (non-hydrogen) atoms. The average Bonchev–Trinajstić information content (AvgIpc) is 3.13. The Labute approximate surface area is 151 Å². The van der Waals surface area contributed by atoms with Gasteiger partial charge in [-0.3, -0.25) is 0 Å². The molecule has 4 heteroatoms. The molecule has 2 fully saturated rings. The second kappa shape index (κ2) is 10.3. The normalized spacial score (nSPS) is 26.8. The molecule has 0 aromatic carbocycles. The van der Waals surface area contributed by atoms with E-state index in [0.29, 0.717) is 12.5 Å². The number of ether oxygens (including phenoxy) is 1. The summed E-state index contributed by atoms with van der Waals surface area (Å²) in [5.41, 5.74) is 0. The van der Waals surface area contributed by atoms with Crippen LogP contribution in [0.1, 0.15) is 83.5 Å². The lowest BCUT2D eigenvalue weighted by molar-refractivity contribution is -0.107. The second-order valence-corrected chi connectivity index (χ2v) is 9.16. The molecule has 0 heterocycles. The van der Waals surface area contributed by atoms with Gasteiger partial charge in [0.2, 0.25) is 0 Å². The third-order valence-electron chi connectivity index (χ3n) is 5.56. The number of carbonyl (C=O) groups excluding carboxylic acids is 1. The zero-order valence-corrected chi connectivity index (χ0v) is 15.8. The first-order valence-corrected chi connectivity index (χ1v) is 10.3. The number of halogens is 2. The van der Waals surface area contributed by atoms with Crippen LogP contribution in [-0.2, 0) is 9.53 Å². The van der Waals surface area contributed by atoms with Crippen LogP contribution in [0, 0.1) is 11.8 Å². The maximum Gasteiger partial charge on any atom is 0.119 e. The predicted molar refractivity (Wildman–Crippen MR) is 97.2 cm³/mol. The summed E-state index contributed by atoms with van der Waals surface area (Å²) < 4.78 is 5.49. The first-order valence-electron chi connectivity index (χ1n) is 9.54. The second-order valence-electron chi connectivity index (χ2n) is 7.52. The van der Waals surface area contributed by atoms with Crippen molar-refractivity contribution in [2.45, 2.75) is 93.9 Å². The quantitative estimate of drug-likeness (QED) is 0.225. The maximum atomic E-state index is 10.3. The van der Waals surface area contributed by atoms with Crippen molar-refractivity contribution in [1.82, 2.24) is 0 Å². The summed E-state index contributed by atoms with van der Waals surface area (Å²) in [6.45, 7) is 0.900. The van der Waals surface area contributed by atoms with Gasteiger partial charge in [0.1, 0.15) is 10.6 Å². The van der Waals surface area contributed by atoms with E-state index >= 15 is 0 Å². The van der Waals surface area contributed by atoms with Crippen molar-refractivity contribution in [2.24, 2.45) is 11.8 Å². The van der Waals surface area contributed by atoms with Gasteiger partial charge in [-0.2, -0.15) is 0 Å². The van der Waals surface area contributed by atoms with Crippen LogP contribution in [0.2, 0.25) is 0 Å². The van der Waals surface area contributed by atoms with Gasteiger partial charge in [0.25, 0.3) is 0 Å². The molecule has 2 bridgehead atoms. The van der Waals surface area contributed by atoms with Crippen molar-refractivity contribution < 1.29 is 9.53 Å². The minimum absolute atomic E-state index is 0.556. The van der Waals surface area contributed by atoms with E-state index in [-0.39, 0.29) is 0 Å². The third-order valence-corrected chi connectivity index (χ3v) is 6.31. The summed E-state index contributed by atoms with van der Waals surface area (Å²) in [7, 11) is 0. The first kappa shape index (κ1) is 19.5. The van der Waals surface area contributed by atoms with Gasteiger partial charge in [-0.25, -0.2) is 0 Å². The highest BCUT2D eigenvalue weighted by Crippen LogP contribution is 2.45. The molecule has 0 aliphatic heterocycles. The molecule has 3 unspecified atom stereocenters. The van der Waals surface area contributed by atoms with E-state index in [2.05, 4.69) is 0 Å². The Morgan fingerprint density at radius 2 is 1.70 bits per heavy atom. The van der Waals surface area contributed by atoms with Gasteiger partial charge >= 0.3 is 0 Å². The highest BCUT2D eigenvalue weighted by atomic mass is 35.5. The Morgan fingerprint density at radius 1 is 0.957 bits per heavy atom. The van der Waals surface area contributed by atoms with Gasteiger partial charge < -0.3 is 9.53 Å². The van der Waals surface area contributed by atoms with Gasteiger partial charge in [0.05, 0.1) is 6.10 Å². The van der Waals surface area contributed by atoms with Crippen LogP contribution in [-0.4, -0.2) is 23.3 Å². The molecule has 3 atom stereocenters. The largest absolute Gasteiger partial charge is 0.378 e. The molecule has 2 saturated carbocycles. The Morgan fingerprint density at radius 3 is 2.30 bits per heavy atom. The van der Waals surface area contributed by atoms with E-state index in [0.717, 1.165) is 76.1 Å². The van der Waals surface area contributed by atoms with Crippen molar-refractivity contribution in [2.75, 3.05) is 6.61 Å². The van der Waals surface area contributed by atoms with Crippen molar-refractivity contribution in [3.05, 3.63) is 0 Å². The van der Waals surface area contributed by atoms with E-state index in [1.54, 1.807) is 0 Å². The molecular weight excluding hydrogens is 331 g/mol. The summed E-state index contributed by atoms with van der Waals surface area (Å²) in [6.07, 6.45) is 15.8. The summed E-state index contributed by atoms with van der Waals surface area (Å²) in [5, 5.41) is 0. The molecule has 0 radical (unpaired) electrons. The number of hydrogen-bond acceptors (Lipinski definition) is 2. The molecule has 0 spiro atoms. The third kappa shape index (κ3) is 7.32. The standard InChI is InChI=1S/C19H32Cl2O2/c20-19(21,10-4-1-2-6-12-22)11-5-3-7-13-23-18-15-16-8-9-17(18)14-16/h12,16-18H,1-11,13-15H2. The van der Waals surface area contributed by atoms with Crippen LogP contribution in [0.3, 0.4) is 0 Å². The van der Waals surface area contributed by atoms with E-state index in [1.807, 2.05) is 0 Å². The molecule has 2 aliphatic rings. The topological polar surface area (TPSA) is 26.3 Å². The van der Waals surface area contributed by atoms with Gasteiger partial charge in [0, 0.05) is 13.0 Å². The lowest BCUT2D eigenvalue weighted by Crippen LogP contribution is -2.21. The van der Waals surface area contributed by atoms with Crippen LogP contribution >= 0.6 is 23.2 Å². The number of carbonyl (C=O) groups is 1. The van der Waals surface area contributed by atoms with E-state index < -0.39 is 4.33 Å².